The second-order valence-corrected chi connectivity index (χ2v) is 6.39. The molecule has 2 N–H and O–H groups in total. The number of nitrogens with one attached hydrogen (secondary N) is 2. The van der Waals surface area contributed by atoms with Crippen LogP contribution < -0.4 is 5.32 Å². The number of hydrogen-bond acceptors (Lipinski definition) is 3. The zero-order valence-corrected chi connectivity index (χ0v) is 15.7. The molecule has 7 heteroatoms. The summed E-state index contributed by atoms with van der Waals surface area (Å²) >= 11 is 0. The SMILES string of the molecule is CCc1ccccc1NC(=O)CN(C)C(=O)c1cc(-c2ccc(F)cc2)n[nH]1. The van der Waals surface area contributed by atoms with Gasteiger partial charge in [0.05, 0.1) is 12.2 Å². The van der Waals surface area contributed by atoms with Crippen LogP contribution in [0.5, 0.6) is 0 Å². The summed E-state index contributed by atoms with van der Waals surface area (Å²) in [6.07, 6.45) is 0.797. The number of rotatable bonds is 6. The average Bonchev–Trinajstić information content (AvgIpc) is 3.18. The number of amides is 2. The van der Waals surface area contributed by atoms with Gasteiger partial charge in [0, 0.05) is 18.3 Å². The van der Waals surface area contributed by atoms with Gasteiger partial charge >= 0.3 is 0 Å². The van der Waals surface area contributed by atoms with E-state index in [0.29, 0.717) is 11.3 Å². The first-order valence-corrected chi connectivity index (χ1v) is 8.92. The number of aromatic nitrogens is 2. The number of para-hydroxylation sites is 1. The van der Waals surface area contributed by atoms with E-state index in [4.69, 9.17) is 0 Å². The van der Waals surface area contributed by atoms with E-state index in [-0.39, 0.29) is 29.9 Å². The van der Waals surface area contributed by atoms with Crippen LogP contribution in [-0.2, 0) is 11.2 Å². The molecule has 0 spiro atoms. The van der Waals surface area contributed by atoms with Crippen molar-refractivity contribution in [1.82, 2.24) is 15.1 Å². The van der Waals surface area contributed by atoms with Crippen molar-refractivity contribution in [3.05, 3.63) is 71.7 Å². The minimum atomic E-state index is -0.361. The zero-order valence-electron chi connectivity index (χ0n) is 15.7. The Morgan fingerprint density at radius 1 is 1.14 bits per heavy atom. The highest BCUT2D eigenvalue weighted by Gasteiger charge is 2.18. The third kappa shape index (κ3) is 4.43. The summed E-state index contributed by atoms with van der Waals surface area (Å²) in [6, 6.07) is 15.0. The number of nitrogens with zero attached hydrogens (tertiary/aromatic N) is 2. The van der Waals surface area contributed by atoms with E-state index in [1.165, 1.54) is 17.0 Å². The molecule has 2 aromatic carbocycles. The number of hydrogen-bond donors (Lipinski definition) is 2. The van der Waals surface area contributed by atoms with Gasteiger partial charge in [0.15, 0.2) is 0 Å². The summed E-state index contributed by atoms with van der Waals surface area (Å²) in [6.45, 7) is 1.92. The smallest absolute Gasteiger partial charge is 0.272 e. The van der Waals surface area contributed by atoms with Gasteiger partial charge in [0.1, 0.15) is 11.5 Å². The molecule has 1 heterocycles. The summed E-state index contributed by atoms with van der Waals surface area (Å²) in [4.78, 5) is 26.2. The third-order valence-corrected chi connectivity index (χ3v) is 4.35. The molecule has 6 nitrogen and oxygen atoms in total. The van der Waals surface area contributed by atoms with E-state index in [1.807, 2.05) is 31.2 Å². The number of carbonyl (C=O) groups excluding carboxylic acids is 2. The Balaban J connectivity index is 1.64. The summed E-state index contributed by atoms with van der Waals surface area (Å²) in [7, 11) is 1.55. The van der Waals surface area contributed by atoms with E-state index in [1.54, 1.807) is 25.2 Å². The molecule has 0 radical (unpaired) electrons. The van der Waals surface area contributed by atoms with Crippen molar-refractivity contribution in [3.63, 3.8) is 0 Å². The van der Waals surface area contributed by atoms with Crippen LogP contribution in [-0.4, -0.2) is 40.5 Å². The number of halogens is 1. The van der Waals surface area contributed by atoms with Gasteiger partial charge < -0.3 is 10.2 Å². The Bertz CT molecular complexity index is 982. The Kier molecular flexibility index (Phi) is 5.84. The molecule has 28 heavy (non-hydrogen) atoms. The molecule has 0 bridgehead atoms. The number of benzene rings is 2. The molecule has 0 saturated carbocycles. The largest absolute Gasteiger partial charge is 0.331 e. The topological polar surface area (TPSA) is 78.1 Å². The fraction of sp³-hybridized carbons (Fsp3) is 0.190. The molecule has 0 aliphatic rings. The quantitative estimate of drug-likeness (QED) is 0.687. The molecule has 0 atom stereocenters. The predicted molar refractivity (Wildman–Crippen MR) is 105 cm³/mol. The number of anilines is 1. The number of carbonyl (C=O) groups is 2. The maximum atomic E-state index is 13.0. The van der Waals surface area contributed by atoms with Crippen molar-refractivity contribution in [2.45, 2.75) is 13.3 Å². The highest BCUT2D eigenvalue weighted by Crippen LogP contribution is 2.19. The van der Waals surface area contributed by atoms with Gasteiger partial charge in [-0.1, -0.05) is 25.1 Å². The lowest BCUT2D eigenvalue weighted by Crippen LogP contribution is -2.35. The first kappa shape index (κ1) is 19.3. The van der Waals surface area contributed by atoms with E-state index < -0.39 is 0 Å². The van der Waals surface area contributed by atoms with Gasteiger partial charge in [-0.2, -0.15) is 5.10 Å². The van der Waals surface area contributed by atoms with Crippen LogP contribution in [0.25, 0.3) is 11.3 Å². The number of aromatic amines is 1. The van der Waals surface area contributed by atoms with Crippen molar-refractivity contribution in [1.29, 1.82) is 0 Å². The van der Waals surface area contributed by atoms with Crippen molar-refractivity contribution in [3.8, 4) is 11.3 Å². The van der Waals surface area contributed by atoms with Crippen molar-refractivity contribution >= 4 is 17.5 Å². The van der Waals surface area contributed by atoms with Crippen LogP contribution in [0.1, 0.15) is 23.0 Å². The van der Waals surface area contributed by atoms with Crippen molar-refractivity contribution < 1.29 is 14.0 Å². The maximum Gasteiger partial charge on any atom is 0.272 e. The summed E-state index contributed by atoms with van der Waals surface area (Å²) in [5.74, 6) is -0.985. The molecule has 0 aliphatic carbocycles. The Labute approximate surface area is 162 Å². The third-order valence-electron chi connectivity index (χ3n) is 4.35. The molecule has 3 aromatic rings. The zero-order chi connectivity index (χ0) is 20.1. The van der Waals surface area contributed by atoms with E-state index in [9.17, 15) is 14.0 Å². The molecule has 144 valence electrons. The summed E-state index contributed by atoms with van der Waals surface area (Å²) in [5, 5.41) is 9.61. The second-order valence-electron chi connectivity index (χ2n) is 6.39. The van der Waals surface area contributed by atoms with E-state index in [0.717, 1.165) is 17.7 Å². The van der Waals surface area contributed by atoms with Gasteiger partial charge in [-0.15, -0.1) is 0 Å². The van der Waals surface area contributed by atoms with Gasteiger partial charge in [0.25, 0.3) is 5.91 Å². The van der Waals surface area contributed by atoms with Gasteiger partial charge in [-0.05, 0) is 48.4 Å². The maximum absolute atomic E-state index is 13.0. The lowest BCUT2D eigenvalue weighted by molar-refractivity contribution is -0.116. The fourth-order valence-corrected chi connectivity index (χ4v) is 2.83. The van der Waals surface area contributed by atoms with Crippen LogP contribution in [0, 0.1) is 5.82 Å². The van der Waals surface area contributed by atoms with Crippen LogP contribution in [0.15, 0.2) is 54.6 Å². The first-order valence-electron chi connectivity index (χ1n) is 8.92. The van der Waals surface area contributed by atoms with E-state index >= 15 is 0 Å². The van der Waals surface area contributed by atoms with Crippen molar-refractivity contribution in [2.75, 3.05) is 18.9 Å². The lowest BCUT2D eigenvalue weighted by atomic mass is 10.1. The van der Waals surface area contributed by atoms with Crippen molar-refractivity contribution in [2.24, 2.45) is 0 Å². The molecule has 3 rings (SSSR count). The number of likely N-dealkylation sites (N-methyl/N-ethyl adjacent to an activating group) is 1. The first-order chi connectivity index (χ1) is 13.5. The predicted octanol–water partition coefficient (Wildman–Crippen LogP) is 3.49. The molecule has 0 fully saturated rings. The van der Waals surface area contributed by atoms with Crippen LogP contribution in [0.4, 0.5) is 10.1 Å². The molecular weight excluding hydrogens is 359 g/mol. The van der Waals surface area contributed by atoms with Gasteiger partial charge in [-0.25, -0.2) is 4.39 Å². The Morgan fingerprint density at radius 3 is 2.57 bits per heavy atom. The van der Waals surface area contributed by atoms with E-state index in [2.05, 4.69) is 15.5 Å². The molecular formula is C21H21FN4O2. The Hall–Kier alpha value is -3.48. The standard InChI is InChI=1S/C21H21FN4O2/c1-3-14-6-4-5-7-17(14)23-20(27)13-26(2)21(28)19-12-18(24-25-19)15-8-10-16(22)11-9-15/h4-12H,3,13H2,1-2H3,(H,23,27)(H,24,25). The normalized spacial score (nSPS) is 10.5. The number of H-pyrrole nitrogens is 1. The molecule has 2 amide bonds. The minimum Gasteiger partial charge on any atom is -0.331 e. The number of aryl methyl sites for hydroxylation is 1. The van der Waals surface area contributed by atoms with Gasteiger partial charge in [-0.3, -0.25) is 14.7 Å². The van der Waals surface area contributed by atoms with Crippen LogP contribution >= 0.6 is 0 Å². The molecule has 0 aliphatic heterocycles. The summed E-state index contributed by atoms with van der Waals surface area (Å²) < 4.78 is 13.0. The molecule has 0 saturated heterocycles. The highest BCUT2D eigenvalue weighted by molar-refractivity contribution is 5.99. The molecule has 1 aromatic heterocycles. The van der Waals surface area contributed by atoms with Gasteiger partial charge in [0.2, 0.25) is 5.91 Å². The second kappa shape index (κ2) is 8.47. The average molecular weight is 380 g/mol. The lowest BCUT2D eigenvalue weighted by Gasteiger charge is -2.16. The van der Waals surface area contributed by atoms with Crippen LogP contribution in [0.3, 0.4) is 0 Å². The summed E-state index contributed by atoms with van der Waals surface area (Å²) in [5.41, 5.74) is 3.24. The highest BCUT2D eigenvalue weighted by atomic mass is 19.1. The molecule has 0 unspecified atom stereocenters. The Morgan fingerprint density at radius 2 is 1.86 bits per heavy atom. The fourth-order valence-electron chi connectivity index (χ4n) is 2.83. The van der Waals surface area contributed by atoms with Crippen LogP contribution in [0.2, 0.25) is 0 Å². The monoisotopic (exact) mass is 380 g/mol. The minimum absolute atomic E-state index is 0.0955.